The number of benzene rings is 1. The first-order valence-corrected chi connectivity index (χ1v) is 8.57. The van der Waals surface area contributed by atoms with Crippen LogP contribution < -0.4 is 5.32 Å². The van der Waals surface area contributed by atoms with Crippen molar-refractivity contribution in [3.05, 3.63) is 35.4 Å². The van der Waals surface area contributed by atoms with Crippen LogP contribution >= 0.6 is 0 Å². The van der Waals surface area contributed by atoms with Crippen molar-refractivity contribution in [2.24, 2.45) is 11.8 Å². The van der Waals surface area contributed by atoms with E-state index in [2.05, 4.69) is 62.2 Å². The number of likely N-dealkylation sites (tertiary alicyclic amines) is 1. The Morgan fingerprint density at radius 3 is 2.33 bits per heavy atom. The van der Waals surface area contributed by atoms with E-state index in [1.807, 2.05) is 0 Å². The molecular formula is C19H32N2. The number of hydrogen-bond donors (Lipinski definition) is 1. The van der Waals surface area contributed by atoms with Crippen molar-refractivity contribution in [3.63, 3.8) is 0 Å². The second kappa shape index (κ2) is 7.95. The summed E-state index contributed by atoms with van der Waals surface area (Å²) in [5, 5.41) is 3.64. The van der Waals surface area contributed by atoms with Gasteiger partial charge in [-0.2, -0.15) is 0 Å². The Kier molecular flexibility index (Phi) is 6.25. The standard InChI is InChI=1S/C19H32N2/c1-15(2)11-17-5-7-18(8-6-17)12-20-13-19-9-10-21(14-19)16(3)4/h5-8,15-16,19-20H,9-14H2,1-4H3. The molecule has 0 saturated carbocycles. The van der Waals surface area contributed by atoms with Crippen LogP contribution in [0.25, 0.3) is 0 Å². The molecule has 0 radical (unpaired) electrons. The van der Waals surface area contributed by atoms with Crippen LogP contribution in [-0.2, 0) is 13.0 Å². The maximum Gasteiger partial charge on any atom is 0.0205 e. The second-order valence-corrected chi connectivity index (χ2v) is 7.29. The van der Waals surface area contributed by atoms with Crippen molar-refractivity contribution < 1.29 is 0 Å². The number of rotatable bonds is 7. The highest BCUT2D eigenvalue weighted by molar-refractivity contribution is 5.22. The highest BCUT2D eigenvalue weighted by atomic mass is 15.2. The van der Waals surface area contributed by atoms with Gasteiger partial charge in [-0.1, -0.05) is 38.1 Å². The lowest BCUT2D eigenvalue weighted by molar-refractivity contribution is 0.264. The van der Waals surface area contributed by atoms with Crippen LogP contribution in [0, 0.1) is 11.8 Å². The molecule has 2 nitrogen and oxygen atoms in total. The van der Waals surface area contributed by atoms with E-state index in [1.54, 1.807) is 0 Å². The minimum atomic E-state index is 0.698. The van der Waals surface area contributed by atoms with Crippen LogP contribution in [0.2, 0.25) is 0 Å². The highest BCUT2D eigenvalue weighted by Crippen LogP contribution is 2.17. The van der Waals surface area contributed by atoms with Gasteiger partial charge in [0.1, 0.15) is 0 Å². The molecule has 0 spiro atoms. The maximum atomic E-state index is 3.64. The summed E-state index contributed by atoms with van der Waals surface area (Å²) < 4.78 is 0. The normalized spacial score (nSPS) is 19.8. The molecule has 1 N–H and O–H groups in total. The number of hydrogen-bond acceptors (Lipinski definition) is 2. The molecule has 1 aromatic rings. The van der Waals surface area contributed by atoms with Gasteiger partial charge in [0.05, 0.1) is 0 Å². The summed E-state index contributed by atoms with van der Waals surface area (Å²) in [4.78, 5) is 2.59. The van der Waals surface area contributed by atoms with Crippen molar-refractivity contribution in [3.8, 4) is 0 Å². The summed E-state index contributed by atoms with van der Waals surface area (Å²) in [5.41, 5.74) is 2.86. The Morgan fingerprint density at radius 1 is 1.10 bits per heavy atom. The molecule has 0 amide bonds. The molecule has 0 aliphatic carbocycles. The molecule has 1 aromatic carbocycles. The molecule has 1 unspecified atom stereocenters. The first-order chi connectivity index (χ1) is 10.0. The Balaban J connectivity index is 1.69. The third kappa shape index (κ3) is 5.44. The first kappa shape index (κ1) is 16.5. The van der Waals surface area contributed by atoms with Gasteiger partial charge in [0.2, 0.25) is 0 Å². The predicted molar refractivity (Wildman–Crippen MR) is 91.5 cm³/mol. The highest BCUT2D eigenvalue weighted by Gasteiger charge is 2.23. The van der Waals surface area contributed by atoms with Gasteiger partial charge in [-0.15, -0.1) is 0 Å². The summed E-state index contributed by atoms with van der Waals surface area (Å²) in [7, 11) is 0. The van der Waals surface area contributed by atoms with E-state index in [-0.39, 0.29) is 0 Å². The molecule has 2 heteroatoms. The van der Waals surface area contributed by atoms with Crippen molar-refractivity contribution in [1.82, 2.24) is 10.2 Å². The van der Waals surface area contributed by atoms with Crippen molar-refractivity contribution in [2.75, 3.05) is 19.6 Å². The third-order valence-electron chi connectivity index (χ3n) is 4.48. The summed E-state index contributed by atoms with van der Waals surface area (Å²) in [6.07, 6.45) is 2.53. The second-order valence-electron chi connectivity index (χ2n) is 7.29. The van der Waals surface area contributed by atoms with E-state index in [9.17, 15) is 0 Å². The zero-order valence-corrected chi connectivity index (χ0v) is 14.2. The SMILES string of the molecule is CC(C)Cc1ccc(CNCC2CCN(C(C)C)C2)cc1. The molecule has 1 fully saturated rings. The van der Waals surface area contributed by atoms with Crippen LogP contribution in [0.4, 0.5) is 0 Å². The molecule has 1 aliphatic heterocycles. The Morgan fingerprint density at radius 2 is 1.76 bits per heavy atom. The first-order valence-electron chi connectivity index (χ1n) is 8.57. The van der Waals surface area contributed by atoms with Crippen molar-refractivity contribution in [1.29, 1.82) is 0 Å². The van der Waals surface area contributed by atoms with Gasteiger partial charge in [0.15, 0.2) is 0 Å². The van der Waals surface area contributed by atoms with Crippen molar-refractivity contribution >= 4 is 0 Å². The summed E-state index contributed by atoms with van der Waals surface area (Å²) >= 11 is 0. The van der Waals surface area contributed by atoms with Crippen LogP contribution in [-0.4, -0.2) is 30.6 Å². The van der Waals surface area contributed by atoms with Gasteiger partial charge in [-0.05, 0) is 62.7 Å². The fourth-order valence-corrected chi connectivity index (χ4v) is 3.18. The van der Waals surface area contributed by atoms with Crippen LogP contribution in [0.5, 0.6) is 0 Å². The number of nitrogens with zero attached hydrogens (tertiary/aromatic N) is 1. The lowest BCUT2D eigenvalue weighted by Gasteiger charge is -2.20. The van der Waals surface area contributed by atoms with E-state index < -0.39 is 0 Å². The quantitative estimate of drug-likeness (QED) is 0.823. The predicted octanol–water partition coefficient (Wildman–Crippen LogP) is 3.71. The van der Waals surface area contributed by atoms with E-state index in [1.165, 1.54) is 37.1 Å². The summed E-state index contributed by atoms with van der Waals surface area (Å²) in [6.45, 7) is 13.8. The van der Waals surface area contributed by atoms with Crippen molar-refractivity contribution in [2.45, 2.75) is 53.1 Å². The average Bonchev–Trinajstić information content (AvgIpc) is 2.89. The van der Waals surface area contributed by atoms with E-state index in [0.29, 0.717) is 6.04 Å². The van der Waals surface area contributed by atoms with Crippen LogP contribution in [0.3, 0.4) is 0 Å². The minimum Gasteiger partial charge on any atom is -0.312 e. The van der Waals surface area contributed by atoms with Crippen LogP contribution in [0.1, 0.15) is 45.2 Å². The topological polar surface area (TPSA) is 15.3 Å². The van der Waals surface area contributed by atoms with Gasteiger partial charge in [-0.25, -0.2) is 0 Å². The van der Waals surface area contributed by atoms with E-state index >= 15 is 0 Å². The molecule has 1 atom stereocenters. The lowest BCUT2D eigenvalue weighted by Crippen LogP contribution is -2.30. The van der Waals surface area contributed by atoms with Gasteiger partial charge >= 0.3 is 0 Å². The molecule has 2 rings (SSSR count). The monoisotopic (exact) mass is 288 g/mol. The Labute approximate surface area is 130 Å². The number of nitrogens with one attached hydrogen (secondary N) is 1. The molecule has 21 heavy (non-hydrogen) atoms. The molecular weight excluding hydrogens is 256 g/mol. The van der Waals surface area contributed by atoms with Gasteiger partial charge in [0, 0.05) is 19.1 Å². The molecule has 1 heterocycles. The zero-order chi connectivity index (χ0) is 15.2. The summed E-state index contributed by atoms with van der Waals surface area (Å²) in [5.74, 6) is 1.56. The van der Waals surface area contributed by atoms with E-state index in [4.69, 9.17) is 0 Å². The fraction of sp³-hybridized carbons (Fsp3) is 0.684. The molecule has 0 aromatic heterocycles. The van der Waals surface area contributed by atoms with Gasteiger partial charge < -0.3 is 10.2 Å². The molecule has 1 saturated heterocycles. The third-order valence-corrected chi connectivity index (χ3v) is 4.48. The minimum absolute atomic E-state index is 0.698. The molecule has 0 bridgehead atoms. The Hall–Kier alpha value is -0.860. The molecule has 1 aliphatic rings. The zero-order valence-electron chi connectivity index (χ0n) is 14.2. The van der Waals surface area contributed by atoms with E-state index in [0.717, 1.165) is 24.9 Å². The smallest absolute Gasteiger partial charge is 0.0205 e. The Bertz CT molecular complexity index is 408. The fourth-order valence-electron chi connectivity index (χ4n) is 3.18. The maximum absolute atomic E-state index is 3.64. The van der Waals surface area contributed by atoms with Crippen LogP contribution in [0.15, 0.2) is 24.3 Å². The largest absolute Gasteiger partial charge is 0.312 e. The summed E-state index contributed by atoms with van der Waals surface area (Å²) in [6, 6.07) is 9.82. The lowest BCUT2D eigenvalue weighted by atomic mass is 10.0. The van der Waals surface area contributed by atoms with Gasteiger partial charge in [0.25, 0.3) is 0 Å². The average molecular weight is 288 g/mol. The van der Waals surface area contributed by atoms with Gasteiger partial charge in [-0.3, -0.25) is 0 Å². The molecule has 118 valence electrons.